The molecule has 0 aromatic carbocycles. The minimum absolute atomic E-state index is 0.348. The quantitative estimate of drug-likeness (QED) is 0.877. The topological polar surface area (TPSA) is 105 Å². The number of nitrogens with zero attached hydrogens (tertiary/aromatic N) is 4. The van der Waals surface area contributed by atoms with Crippen molar-refractivity contribution in [3.8, 4) is 11.6 Å². The van der Waals surface area contributed by atoms with E-state index in [0.717, 1.165) is 0 Å². The number of primary amides is 1. The van der Waals surface area contributed by atoms with Crippen LogP contribution in [-0.2, 0) is 12.5 Å². The van der Waals surface area contributed by atoms with Crippen LogP contribution in [0.15, 0.2) is 23.4 Å². The van der Waals surface area contributed by atoms with Crippen LogP contribution in [0.2, 0.25) is 0 Å². The van der Waals surface area contributed by atoms with E-state index in [-0.39, 0.29) is 5.88 Å². The van der Waals surface area contributed by atoms with E-state index in [1.165, 1.54) is 4.68 Å². The summed E-state index contributed by atoms with van der Waals surface area (Å²) in [6.07, 6.45) is 3.83. The molecule has 0 aliphatic heterocycles. The molecule has 0 bridgehead atoms. The zero-order valence-corrected chi connectivity index (χ0v) is 12.3. The second-order valence-corrected chi connectivity index (χ2v) is 5.66. The van der Waals surface area contributed by atoms with Crippen LogP contribution in [0, 0.1) is 0 Å². The lowest BCUT2D eigenvalue weighted by molar-refractivity contribution is 0.207. The van der Waals surface area contributed by atoms with Gasteiger partial charge in [0.2, 0.25) is 5.43 Å². The van der Waals surface area contributed by atoms with Gasteiger partial charge in [-0.05, 0) is 5.41 Å². The van der Waals surface area contributed by atoms with Crippen molar-refractivity contribution >= 4 is 6.09 Å². The van der Waals surface area contributed by atoms with Crippen LogP contribution in [0.5, 0.6) is 5.88 Å². The molecule has 1 amide bonds. The predicted molar refractivity (Wildman–Crippen MR) is 75.5 cm³/mol. The summed E-state index contributed by atoms with van der Waals surface area (Å²) in [5, 5.41) is 8.04. The molecule has 0 radical (unpaired) electrons. The maximum Gasteiger partial charge on any atom is 0.411 e. The third-order valence-electron chi connectivity index (χ3n) is 2.85. The van der Waals surface area contributed by atoms with Gasteiger partial charge in [-0.15, -0.1) is 5.10 Å². The molecule has 2 heterocycles. The second-order valence-electron chi connectivity index (χ2n) is 5.66. The molecule has 8 heteroatoms. The summed E-state index contributed by atoms with van der Waals surface area (Å²) >= 11 is 0. The minimum Gasteiger partial charge on any atom is -0.385 e. The Bertz CT molecular complexity index is 739. The Kier molecular flexibility index (Phi) is 3.54. The summed E-state index contributed by atoms with van der Waals surface area (Å²) in [5.74, 6) is -0.348. The summed E-state index contributed by atoms with van der Waals surface area (Å²) in [7, 11) is 1.76. The van der Waals surface area contributed by atoms with Crippen molar-refractivity contribution in [1.29, 1.82) is 0 Å². The van der Waals surface area contributed by atoms with Crippen molar-refractivity contribution in [2.45, 2.75) is 26.2 Å². The van der Waals surface area contributed by atoms with E-state index >= 15 is 0 Å². The maximum absolute atomic E-state index is 12.3. The van der Waals surface area contributed by atoms with E-state index in [4.69, 9.17) is 10.5 Å². The van der Waals surface area contributed by atoms with Crippen molar-refractivity contribution in [2.24, 2.45) is 12.8 Å². The number of hydrogen-bond acceptors (Lipinski definition) is 5. The van der Waals surface area contributed by atoms with Gasteiger partial charge in [0.05, 0.1) is 12.4 Å². The van der Waals surface area contributed by atoms with Gasteiger partial charge in [0, 0.05) is 18.8 Å². The average molecular weight is 291 g/mol. The van der Waals surface area contributed by atoms with Gasteiger partial charge in [-0.1, -0.05) is 20.8 Å². The molecule has 0 aliphatic carbocycles. The fourth-order valence-electron chi connectivity index (χ4n) is 1.82. The van der Waals surface area contributed by atoms with E-state index in [1.807, 2.05) is 20.8 Å². The van der Waals surface area contributed by atoms with Gasteiger partial charge >= 0.3 is 6.09 Å². The number of amides is 1. The number of carbonyl (C=O) groups excluding carboxylic acids is 1. The summed E-state index contributed by atoms with van der Waals surface area (Å²) in [6, 6.07) is 0. The summed E-state index contributed by atoms with van der Waals surface area (Å²) in [5.41, 5.74) is 5.17. The lowest BCUT2D eigenvalue weighted by atomic mass is 9.88. The molecule has 21 heavy (non-hydrogen) atoms. The molecular weight excluding hydrogens is 274 g/mol. The summed E-state index contributed by atoms with van der Waals surface area (Å²) in [6.45, 7) is 5.64. The Morgan fingerprint density at radius 3 is 2.48 bits per heavy atom. The minimum atomic E-state index is -1.08. The largest absolute Gasteiger partial charge is 0.411 e. The van der Waals surface area contributed by atoms with Gasteiger partial charge in [-0.25, -0.2) is 9.48 Å². The first-order chi connectivity index (χ1) is 9.68. The number of nitrogens with two attached hydrogens (primary N) is 1. The Balaban J connectivity index is 2.67. The molecule has 0 saturated heterocycles. The van der Waals surface area contributed by atoms with Gasteiger partial charge in [0.15, 0.2) is 0 Å². The molecule has 112 valence electrons. The fraction of sp³-hybridized carbons (Fsp3) is 0.385. The zero-order valence-electron chi connectivity index (χ0n) is 12.3. The number of aromatic nitrogens is 4. The van der Waals surface area contributed by atoms with Gasteiger partial charge in [0.1, 0.15) is 5.69 Å². The monoisotopic (exact) mass is 291 g/mol. The highest BCUT2D eigenvalue weighted by Gasteiger charge is 2.23. The standard InChI is InChI=1S/C13H17N5O3/c1-13(2,3)9-7-18(8-5-15-17(4)6-8)16-11(10(9)19)21-12(14)20/h5-7H,1-4H3,(H2,14,20). The highest BCUT2D eigenvalue weighted by atomic mass is 16.6. The third-order valence-corrected chi connectivity index (χ3v) is 2.85. The van der Waals surface area contributed by atoms with E-state index in [1.54, 1.807) is 30.3 Å². The van der Waals surface area contributed by atoms with Crippen LogP contribution >= 0.6 is 0 Å². The Hall–Kier alpha value is -2.64. The lowest BCUT2D eigenvalue weighted by Gasteiger charge is -2.19. The molecule has 2 aromatic heterocycles. The second kappa shape index (κ2) is 5.04. The zero-order chi connectivity index (χ0) is 15.8. The predicted octanol–water partition coefficient (Wildman–Crippen LogP) is 0.721. The van der Waals surface area contributed by atoms with Crippen LogP contribution in [0.1, 0.15) is 26.3 Å². The molecule has 0 fully saturated rings. The van der Waals surface area contributed by atoms with Crippen LogP contribution in [0.25, 0.3) is 5.69 Å². The molecule has 0 saturated carbocycles. The lowest BCUT2D eigenvalue weighted by Crippen LogP contribution is -2.29. The Morgan fingerprint density at radius 2 is 2.00 bits per heavy atom. The summed E-state index contributed by atoms with van der Waals surface area (Å²) < 4.78 is 7.75. The molecule has 0 unspecified atom stereocenters. The van der Waals surface area contributed by atoms with E-state index in [2.05, 4.69) is 10.2 Å². The molecule has 2 rings (SSSR count). The van der Waals surface area contributed by atoms with E-state index < -0.39 is 16.9 Å². The van der Waals surface area contributed by atoms with Crippen LogP contribution in [-0.4, -0.2) is 25.7 Å². The van der Waals surface area contributed by atoms with Crippen LogP contribution in [0.3, 0.4) is 0 Å². The molecule has 0 spiro atoms. The Labute approximate surface area is 121 Å². The SMILES string of the molecule is Cn1cc(-n2cc(C(C)(C)C)c(=O)c(OC(N)=O)n2)cn1. The van der Waals surface area contributed by atoms with Crippen LogP contribution in [0.4, 0.5) is 4.79 Å². The number of rotatable bonds is 2. The van der Waals surface area contributed by atoms with Crippen molar-refractivity contribution < 1.29 is 9.53 Å². The summed E-state index contributed by atoms with van der Waals surface area (Å²) in [4.78, 5) is 23.2. The molecule has 8 nitrogen and oxygen atoms in total. The van der Waals surface area contributed by atoms with Crippen LogP contribution < -0.4 is 15.9 Å². The van der Waals surface area contributed by atoms with Gasteiger partial charge in [-0.3, -0.25) is 9.48 Å². The van der Waals surface area contributed by atoms with Crippen molar-refractivity contribution in [1.82, 2.24) is 19.6 Å². The van der Waals surface area contributed by atoms with Crippen molar-refractivity contribution in [2.75, 3.05) is 0 Å². The van der Waals surface area contributed by atoms with Gasteiger partial charge in [-0.2, -0.15) is 5.10 Å². The normalized spacial score (nSPS) is 11.4. The number of ether oxygens (including phenoxy) is 1. The highest BCUT2D eigenvalue weighted by molar-refractivity contribution is 5.67. The molecule has 2 N–H and O–H groups in total. The van der Waals surface area contributed by atoms with E-state index in [9.17, 15) is 9.59 Å². The Morgan fingerprint density at radius 1 is 1.33 bits per heavy atom. The smallest absolute Gasteiger partial charge is 0.385 e. The number of aryl methyl sites for hydroxylation is 1. The van der Waals surface area contributed by atoms with Gasteiger partial charge < -0.3 is 10.5 Å². The number of hydrogen-bond donors (Lipinski definition) is 1. The molecular formula is C13H17N5O3. The first-order valence-electron chi connectivity index (χ1n) is 6.29. The maximum atomic E-state index is 12.3. The van der Waals surface area contributed by atoms with Gasteiger partial charge in [0.25, 0.3) is 5.88 Å². The number of carbonyl (C=O) groups is 1. The van der Waals surface area contributed by atoms with E-state index in [0.29, 0.717) is 11.3 Å². The highest BCUT2D eigenvalue weighted by Crippen LogP contribution is 2.21. The first kappa shape index (κ1) is 14.8. The average Bonchev–Trinajstić information content (AvgIpc) is 2.76. The van der Waals surface area contributed by atoms with Crippen molar-refractivity contribution in [3.63, 3.8) is 0 Å². The fourth-order valence-corrected chi connectivity index (χ4v) is 1.82. The van der Waals surface area contributed by atoms with Crippen molar-refractivity contribution in [3.05, 3.63) is 34.4 Å². The molecule has 0 aliphatic rings. The molecule has 0 atom stereocenters. The third kappa shape index (κ3) is 3.10. The first-order valence-corrected chi connectivity index (χ1v) is 6.29. The molecule has 2 aromatic rings.